The molecule has 42 heavy (non-hydrogen) atoms. The highest BCUT2D eigenvalue weighted by atomic mass is 35.5. The second-order valence-electron chi connectivity index (χ2n) is 10.8. The molecule has 3 aromatic rings. The Balaban J connectivity index is 1.68. The molecule has 0 saturated carbocycles. The van der Waals surface area contributed by atoms with E-state index in [4.69, 9.17) is 21.1 Å². The highest BCUT2D eigenvalue weighted by molar-refractivity contribution is 8.00. The number of rotatable bonds is 8. The van der Waals surface area contributed by atoms with Gasteiger partial charge in [-0.3, -0.25) is 9.78 Å². The van der Waals surface area contributed by atoms with Crippen LogP contribution in [0.5, 0.6) is 5.75 Å². The van der Waals surface area contributed by atoms with E-state index in [9.17, 15) is 23.2 Å². The van der Waals surface area contributed by atoms with Crippen molar-refractivity contribution >= 4 is 35.2 Å². The van der Waals surface area contributed by atoms with E-state index >= 15 is 0 Å². The van der Waals surface area contributed by atoms with Crippen molar-refractivity contribution in [1.29, 1.82) is 5.26 Å². The van der Waals surface area contributed by atoms with Crippen LogP contribution in [-0.4, -0.2) is 29.7 Å². The Bertz CT molecular complexity index is 1480. The molecule has 2 heterocycles. The van der Waals surface area contributed by atoms with E-state index in [-0.39, 0.29) is 35.1 Å². The average molecular weight is 618 g/mol. The predicted molar refractivity (Wildman–Crippen MR) is 158 cm³/mol. The van der Waals surface area contributed by atoms with Gasteiger partial charge < -0.3 is 13.8 Å². The van der Waals surface area contributed by atoms with Crippen molar-refractivity contribution in [2.45, 2.75) is 69.5 Å². The first kappa shape index (κ1) is 31.5. The van der Waals surface area contributed by atoms with Gasteiger partial charge in [0.2, 0.25) is 0 Å². The number of aryl methyl sites for hydroxylation is 1. The van der Waals surface area contributed by atoms with Gasteiger partial charge >= 0.3 is 12.1 Å². The van der Waals surface area contributed by atoms with Crippen molar-refractivity contribution in [2.75, 3.05) is 17.5 Å². The number of anilines is 1. The Kier molecular flexibility index (Phi) is 9.95. The van der Waals surface area contributed by atoms with E-state index in [2.05, 4.69) is 21.4 Å². The van der Waals surface area contributed by atoms with E-state index in [1.807, 2.05) is 18.2 Å². The lowest BCUT2D eigenvalue weighted by atomic mass is 10.0. The molecule has 0 radical (unpaired) electrons. The number of carbonyl (C=O) groups is 1. The summed E-state index contributed by atoms with van der Waals surface area (Å²) in [5.41, 5.74) is 0.910. The van der Waals surface area contributed by atoms with Gasteiger partial charge in [-0.2, -0.15) is 18.4 Å². The van der Waals surface area contributed by atoms with Gasteiger partial charge in [-0.1, -0.05) is 29.8 Å². The van der Waals surface area contributed by atoms with Crippen LogP contribution in [0.25, 0.3) is 11.1 Å². The van der Waals surface area contributed by atoms with E-state index < -0.39 is 17.5 Å². The van der Waals surface area contributed by atoms with Crippen LogP contribution in [-0.2, 0) is 22.1 Å². The van der Waals surface area contributed by atoms with Gasteiger partial charge in [0.15, 0.2) is 0 Å². The Morgan fingerprint density at radius 2 is 1.90 bits per heavy atom. The molecular weight excluding hydrogens is 587 g/mol. The van der Waals surface area contributed by atoms with E-state index in [1.54, 1.807) is 32.9 Å². The maximum Gasteiger partial charge on any atom is 0.433 e. The van der Waals surface area contributed by atoms with Crippen molar-refractivity contribution in [2.24, 2.45) is 0 Å². The smallest absolute Gasteiger partial charge is 0.433 e. The molecule has 0 fully saturated rings. The number of para-hydroxylation sites is 1. The lowest BCUT2D eigenvalue weighted by Gasteiger charge is -2.25. The zero-order valence-corrected chi connectivity index (χ0v) is 25.1. The van der Waals surface area contributed by atoms with Crippen LogP contribution in [0.2, 0.25) is 5.02 Å². The number of carbonyl (C=O) groups excluding carboxylic acids is 1. The fraction of sp³-hybridized carbons (Fsp3) is 0.387. The maximum atomic E-state index is 13.3. The lowest BCUT2D eigenvalue weighted by Crippen LogP contribution is -2.24. The van der Waals surface area contributed by atoms with E-state index in [0.717, 1.165) is 43.8 Å². The largest absolute Gasteiger partial charge is 0.492 e. The van der Waals surface area contributed by atoms with Gasteiger partial charge in [-0.15, -0.1) is 0 Å². The number of nitrogens with zero attached hydrogens (tertiary/aromatic N) is 3. The zero-order valence-electron chi connectivity index (χ0n) is 23.6. The van der Waals surface area contributed by atoms with Gasteiger partial charge in [0, 0.05) is 36.4 Å². The SMILES string of the molecule is CC(C)(C)OC(=O)CCCOc1cc(Cl)c(-c2cnc(C(F)(F)F)cc2C#N)cc1SN1CCCCc2ccccc21. The monoisotopic (exact) mass is 617 g/mol. The molecule has 2 aromatic carbocycles. The summed E-state index contributed by atoms with van der Waals surface area (Å²) in [6.07, 6.45) is -0.117. The Hall–Kier alpha value is -3.42. The topological polar surface area (TPSA) is 75.5 Å². The van der Waals surface area contributed by atoms with Crippen molar-refractivity contribution < 1.29 is 27.4 Å². The van der Waals surface area contributed by atoms with Crippen molar-refractivity contribution in [3.8, 4) is 22.9 Å². The number of esters is 1. The molecule has 0 bridgehead atoms. The number of nitriles is 1. The minimum atomic E-state index is -4.69. The molecule has 0 aliphatic carbocycles. The molecule has 1 aliphatic rings. The number of benzene rings is 2. The van der Waals surface area contributed by atoms with Crippen LogP contribution in [0.4, 0.5) is 18.9 Å². The molecule has 222 valence electrons. The van der Waals surface area contributed by atoms with Gasteiger partial charge in [-0.05, 0) is 82.2 Å². The average Bonchev–Trinajstić information content (AvgIpc) is 3.12. The first-order valence-corrected chi connectivity index (χ1v) is 14.7. The number of hydrogen-bond acceptors (Lipinski definition) is 7. The molecule has 0 atom stereocenters. The van der Waals surface area contributed by atoms with E-state index in [0.29, 0.717) is 22.6 Å². The van der Waals surface area contributed by atoms with Gasteiger partial charge in [0.05, 0.1) is 33.8 Å². The maximum absolute atomic E-state index is 13.3. The zero-order chi connectivity index (χ0) is 30.5. The summed E-state index contributed by atoms with van der Waals surface area (Å²) in [6, 6.07) is 14.0. The van der Waals surface area contributed by atoms with Gasteiger partial charge in [-0.25, -0.2) is 0 Å². The summed E-state index contributed by atoms with van der Waals surface area (Å²) in [7, 11) is 0. The molecule has 0 spiro atoms. The number of aromatic nitrogens is 1. The molecule has 0 unspecified atom stereocenters. The molecular formula is C31H31ClF3N3O3S. The summed E-state index contributed by atoms with van der Waals surface area (Å²) >= 11 is 8.08. The third-order valence-electron chi connectivity index (χ3n) is 6.37. The molecule has 1 aromatic heterocycles. The second-order valence-corrected chi connectivity index (χ2v) is 12.3. The first-order valence-electron chi connectivity index (χ1n) is 13.5. The summed E-state index contributed by atoms with van der Waals surface area (Å²) in [5.74, 6) is 0.132. The number of hydrogen-bond donors (Lipinski definition) is 0. The molecule has 1 aliphatic heterocycles. The van der Waals surface area contributed by atoms with Crippen molar-refractivity contribution in [3.05, 3.63) is 70.5 Å². The fourth-order valence-corrected chi connectivity index (χ4v) is 5.87. The van der Waals surface area contributed by atoms with Crippen LogP contribution in [0.3, 0.4) is 0 Å². The molecule has 4 rings (SSSR count). The molecule has 11 heteroatoms. The minimum absolute atomic E-state index is 0.174. The quantitative estimate of drug-likeness (QED) is 0.142. The van der Waals surface area contributed by atoms with E-state index in [1.165, 1.54) is 17.5 Å². The van der Waals surface area contributed by atoms with Crippen molar-refractivity contribution in [1.82, 2.24) is 4.98 Å². The highest BCUT2D eigenvalue weighted by Gasteiger charge is 2.33. The van der Waals surface area contributed by atoms with Crippen molar-refractivity contribution in [3.63, 3.8) is 0 Å². The van der Waals surface area contributed by atoms with Crippen LogP contribution >= 0.6 is 23.5 Å². The number of alkyl halides is 3. The first-order chi connectivity index (χ1) is 19.9. The molecule has 0 N–H and O–H groups in total. The summed E-state index contributed by atoms with van der Waals surface area (Å²) in [6.45, 7) is 6.39. The van der Waals surface area contributed by atoms with Crippen LogP contribution in [0, 0.1) is 11.3 Å². The highest BCUT2D eigenvalue weighted by Crippen LogP contribution is 2.44. The number of pyridine rings is 1. The fourth-order valence-electron chi connectivity index (χ4n) is 4.50. The molecule has 0 saturated heterocycles. The second kappa shape index (κ2) is 13.3. The summed E-state index contributed by atoms with van der Waals surface area (Å²) in [5, 5.41) is 9.87. The minimum Gasteiger partial charge on any atom is -0.492 e. The Morgan fingerprint density at radius 1 is 1.14 bits per heavy atom. The van der Waals surface area contributed by atoms with Gasteiger partial charge in [0.25, 0.3) is 0 Å². The standard InChI is InChI=1S/C31H31ClF3N3O3S/c1-30(2,3)41-29(39)12-8-14-40-26-17-24(32)22(23-19-37-28(31(33,34)35)15-21(23)18-36)16-27(26)42-38-13-7-6-10-20-9-4-5-11-25(20)38/h4-5,9,11,15-17,19H,6-8,10,12-14H2,1-3H3. The third kappa shape index (κ3) is 8.11. The summed E-state index contributed by atoms with van der Waals surface area (Å²) in [4.78, 5) is 16.4. The molecule has 6 nitrogen and oxygen atoms in total. The normalized spacial score (nSPS) is 13.6. The Morgan fingerprint density at radius 3 is 2.62 bits per heavy atom. The van der Waals surface area contributed by atoms with Gasteiger partial charge in [0.1, 0.15) is 17.0 Å². The summed E-state index contributed by atoms with van der Waals surface area (Å²) < 4.78 is 53.5. The third-order valence-corrected chi connectivity index (χ3v) is 7.80. The van der Waals surface area contributed by atoms with Crippen LogP contribution in [0.15, 0.2) is 53.6 Å². The number of ether oxygens (including phenoxy) is 2. The number of halogens is 4. The lowest BCUT2D eigenvalue weighted by molar-refractivity contribution is -0.155. The van der Waals surface area contributed by atoms with Crippen LogP contribution < -0.4 is 9.04 Å². The Labute approximate surface area is 252 Å². The predicted octanol–water partition coefficient (Wildman–Crippen LogP) is 8.64. The number of fused-ring (bicyclic) bond motifs is 1. The molecule has 0 amide bonds. The van der Waals surface area contributed by atoms with Crippen LogP contribution in [0.1, 0.15) is 63.3 Å².